The predicted molar refractivity (Wildman–Crippen MR) is 54.2 cm³/mol. The van der Waals surface area contributed by atoms with Crippen LogP contribution in [0.2, 0.25) is 0 Å². The number of aliphatic hydroxyl groups excluding tert-OH is 1. The summed E-state index contributed by atoms with van der Waals surface area (Å²) in [4.78, 5) is 0. The second-order valence-electron chi connectivity index (χ2n) is 3.40. The average Bonchev–Trinajstić information content (AvgIpc) is 2.18. The molecule has 0 aliphatic rings. The molecule has 0 bridgehead atoms. The van der Waals surface area contributed by atoms with Gasteiger partial charge in [0.1, 0.15) is 5.82 Å². The topological polar surface area (TPSA) is 46.2 Å². The quantitative estimate of drug-likeness (QED) is 0.776. The molecule has 0 unspecified atom stereocenters. The summed E-state index contributed by atoms with van der Waals surface area (Å²) in [6.07, 6.45) is 1.82. The summed E-state index contributed by atoms with van der Waals surface area (Å²) in [6, 6.07) is 4.66. The molecule has 14 heavy (non-hydrogen) atoms. The minimum atomic E-state index is -0.378. The Balaban J connectivity index is 2.85. The van der Waals surface area contributed by atoms with Crippen LogP contribution in [-0.4, -0.2) is 5.11 Å². The van der Waals surface area contributed by atoms with Crippen LogP contribution in [0.15, 0.2) is 18.2 Å². The molecule has 0 heterocycles. The lowest BCUT2D eigenvalue weighted by Crippen LogP contribution is -2.10. The predicted octanol–water partition coefficient (Wildman–Crippen LogP) is 2.12. The lowest BCUT2D eigenvalue weighted by molar-refractivity contribution is 0.275. The Morgan fingerprint density at radius 3 is 2.71 bits per heavy atom. The summed E-state index contributed by atoms with van der Waals surface area (Å²) in [5, 5.41) is 8.78. The zero-order valence-electron chi connectivity index (χ0n) is 8.33. The highest BCUT2D eigenvalue weighted by Gasteiger charge is 2.08. The smallest absolute Gasteiger partial charge is 0.129 e. The molecule has 0 saturated carbocycles. The van der Waals surface area contributed by atoms with Crippen LogP contribution in [0, 0.1) is 5.82 Å². The first-order valence-corrected chi connectivity index (χ1v) is 4.83. The second kappa shape index (κ2) is 5.08. The van der Waals surface area contributed by atoms with Gasteiger partial charge in [0.15, 0.2) is 0 Å². The number of benzene rings is 1. The third kappa shape index (κ3) is 2.53. The number of aliphatic hydroxyl groups is 1. The molecule has 0 radical (unpaired) electrons. The fourth-order valence-corrected chi connectivity index (χ4v) is 1.40. The summed E-state index contributed by atoms with van der Waals surface area (Å²) < 4.78 is 13.2. The normalized spacial score (nSPS) is 12.9. The molecule has 0 saturated heterocycles. The molecule has 1 aromatic rings. The Hall–Kier alpha value is -0.930. The minimum absolute atomic E-state index is 0.109. The van der Waals surface area contributed by atoms with Gasteiger partial charge in [0.25, 0.3) is 0 Å². The van der Waals surface area contributed by atoms with Crippen molar-refractivity contribution in [3.05, 3.63) is 35.1 Å². The molecule has 3 heteroatoms. The molecule has 0 amide bonds. The summed E-state index contributed by atoms with van der Waals surface area (Å²) >= 11 is 0. The van der Waals surface area contributed by atoms with Gasteiger partial charge >= 0.3 is 0 Å². The first-order chi connectivity index (χ1) is 6.69. The maximum atomic E-state index is 13.2. The number of halogens is 1. The molecule has 2 nitrogen and oxygen atoms in total. The van der Waals surface area contributed by atoms with Crippen LogP contribution >= 0.6 is 0 Å². The van der Waals surface area contributed by atoms with Crippen molar-refractivity contribution < 1.29 is 9.50 Å². The fraction of sp³-hybridized carbons (Fsp3) is 0.455. The second-order valence-corrected chi connectivity index (χ2v) is 3.40. The molecule has 3 N–H and O–H groups in total. The molecule has 0 fully saturated rings. The molecular weight excluding hydrogens is 181 g/mol. The lowest BCUT2D eigenvalue weighted by atomic mass is 10.0. The van der Waals surface area contributed by atoms with Gasteiger partial charge in [-0.25, -0.2) is 4.39 Å². The SMILES string of the molecule is CCC[C@H](N)c1ccc(CO)c(F)c1. The van der Waals surface area contributed by atoms with E-state index in [4.69, 9.17) is 10.8 Å². The van der Waals surface area contributed by atoms with E-state index in [1.807, 2.05) is 6.92 Å². The van der Waals surface area contributed by atoms with Crippen molar-refractivity contribution in [1.29, 1.82) is 0 Å². The number of nitrogens with two attached hydrogens (primary N) is 1. The van der Waals surface area contributed by atoms with E-state index in [1.54, 1.807) is 12.1 Å². The van der Waals surface area contributed by atoms with Crippen LogP contribution in [0.5, 0.6) is 0 Å². The minimum Gasteiger partial charge on any atom is -0.392 e. The van der Waals surface area contributed by atoms with Crippen LogP contribution in [0.3, 0.4) is 0 Å². The van der Waals surface area contributed by atoms with E-state index in [0.29, 0.717) is 5.56 Å². The standard InChI is InChI=1S/C11H16FNO/c1-2-3-11(13)8-4-5-9(7-14)10(12)6-8/h4-6,11,14H,2-3,7,13H2,1H3/t11-/m0/s1. The van der Waals surface area contributed by atoms with Gasteiger partial charge in [-0.3, -0.25) is 0 Å². The third-order valence-corrected chi connectivity index (χ3v) is 2.28. The number of hydrogen-bond donors (Lipinski definition) is 2. The average molecular weight is 197 g/mol. The summed E-state index contributed by atoms with van der Waals surface area (Å²) in [5.74, 6) is -0.378. The van der Waals surface area contributed by atoms with Crippen LogP contribution in [0.4, 0.5) is 4.39 Å². The molecule has 1 aromatic carbocycles. The zero-order valence-corrected chi connectivity index (χ0v) is 8.33. The number of rotatable bonds is 4. The summed E-state index contributed by atoms with van der Waals surface area (Å²) in [5.41, 5.74) is 6.95. The van der Waals surface area contributed by atoms with E-state index < -0.39 is 0 Å². The molecule has 0 aliphatic carbocycles. The molecular formula is C11H16FNO. The van der Waals surface area contributed by atoms with E-state index >= 15 is 0 Å². The first kappa shape index (κ1) is 11.1. The molecule has 0 spiro atoms. The Labute approximate surface area is 83.6 Å². The highest BCUT2D eigenvalue weighted by Crippen LogP contribution is 2.18. The van der Waals surface area contributed by atoms with Crippen molar-refractivity contribution in [1.82, 2.24) is 0 Å². The Morgan fingerprint density at radius 2 is 2.21 bits per heavy atom. The van der Waals surface area contributed by atoms with Crippen LogP contribution in [0.25, 0.3) is 0 Å². The Kier molecular flexibility index (Phi) is 4.04. The maximum Gasteiger partial charge on any atom is 0.129 e. The van der Waals surface area contributed by atoms with Gasteiger partial charge in [0, 0.05) is 11.6 Å². The third-order valence-electron chi connectivity index (χ3n) is 2.28. The van der Waals surface area contributed by atoms with E-state index in [9.17, 15) is 4.39 Å². The molecule has 78 valence electrons. The van der Waals surface area contributed by atoms with Gasteiger partial charge in [-0.2, -0.15) is 0 Å². The molecule has 0 aliphatic heterocycles. The summed E-state index contributed by atoms with van der Waals surface area (Å²) in [6.45, 7) is 1.77. The van der Waals surface area contributed by atoms with Crippen LogP contribution < -0.4 is 5.73 Å². The van der Waals surface area contributed by atoms with Crippen molar-refractivity contribution in [3.63, 3.8) is 0 Å². The van der Waals surface area contributed by atoms with Crippen LogP contribution in [-0.2, 0) is 6.61 Å². The van der Waals surface area contributed by atoms with E-state index in [1.165, 1.54) is 6.07 Å². The van der Waals surface area contributed by atoms with Gasteiger partial charge in [-0.1, -0.05) is 25.5 Å². The molecule has 1 rings (SSSR count). The van der Waals surface area contributed by atoms with Crippen LogP contribution in [0.1, 0.15) is 36.9 Å². The Morgan fingerprint density at radius 1 is 1.50 bits per heavy atom. The van der Waals surface area contributed by atoms with E-state index in [2.05, 4.69) is 0 Å². The van der Waals surface area contributed by atoms with Gasteiger partial charge < -0.3 is 10.8 Å². The van der Waals surface area contributed by atoms with E-state index in [-0.39, 0.29) is 18.5 Å². The Bertz CT molecular complexity index is 301. The van der Waals surface area contributed by atoms with E-state index in [0.717, 1.165) is 18.4 Å². The first-order valence-electron chi connectivity index (χ1n) is 4.83. The van der Waals surface area contributed by atoms with Crippen molar-refractivity contribution in [3.8, 4) is 0 Å². The largest absolute Gasteiger partial charge is 0.392 e. The monoisotopic (exact) mass is 197 g/mol. The lowest BCUT2D eigenvalue weighted by Gasteiger charge is -2.11. The maximum absolute atomic E-state index is 13.2. The highest BCUT2D eigenvalue weighted by molar-refractivity contribution is 5.26. The van der Waals surface area contributed by atoms with Gasteiger partial charge in [-0.15, -0.1) is 0 Å². The van der Waals surface area contributed by atoms with Gasteiger partial charge in [0.05, 0.1) is 6.61 Å². The zero-order chi connectivity index (χ0) is 10.6. The fourth-order valence-electron chi connectivity index (χ4n) is 1.40. The van der Waals surface area contributed by atoms with Gasteiger partial charge in [0.2, 0.25) is 0 Å². The molecule has 1 atom stereocenters. The van der Waals surface area contributed by atoms with Crippen molar-refractivity contribution in [2.24, 2.45) is 5.73 Å². The van der Waals surface area contributed by atoms with Crippen molar-refractivity contribution in [2.75, 3.05) is 0 Å². The van der Waals surface area contributed by atoms with Crippen molar-refractivity contribution >= 4 is 0 Å². The summed E-state index contributed by atoms with van der Waals surface area (Å²) in [7, 11) is 0. The van der Waals surface area contributed by atoms with Gasteiger partial charge in [-0.05, 0) is 18.1 Å². The molecule has 0 aromatic heterocycles. The van der Waals surface area contributed by atoms with Crippen molar-refractivity contribution in [2.45, 2.75) is 32.4 Å². The highest BCUT2D eigenvalue weighted by atomic mass is 19.1. The number of hydrogen-bond acceptors (Lipinski definition) is 2.